The highest BCUT2D eigenvalue weighted by molar-refractivity contribution is 5.77. The first-order valence-electron chi connectivity index (χ1n) is 9.07. The molecule has 7 nitrogen and oxygen atoms in total. The van der Waals surface area contributed by atoms with Gasteiger partial charge in [0.05, 0.1) is 23.4 Å². The summed E-state index contributed by atoms with van der Waals surface area (Å²) >= 11 is 0. The number of fused-ring (bicyclic) bond motifs is 1. The molecular weight excluding hydrogens is 373 g/mol. The lowest BCUT2D eigenvalue weighted by Crippen LogP contribution is -2.41. The summed E-state index contributed by atoms with van der Waals surface area (Å²) in [5.74, 6) is 0.0437. The predicted molar refractivity (Wildman–Crippen MR) is 94.2 cm³/mol. The number of alkyl halides is 3. The van der Waals surface area contributed by atoms with Gasteiger partial charge < -0.3 is 9.47 Å². The molecule has 1 fully saturated rings. The van der Waals surface area contributed by atoms with E-state index in [4.69, 9.17) is 0 Å². The molecule has 0 unspecified atom stereocenters. The van der Waals surface area contributed by atoms with E-state index < -0.39 is 11.7 Å². The van der Waals surface area contributed by atoms with E-state index in [-0.39, 0.29) is 17.5 Å². The molecule has 0 spiro atoms. The fourth-order valence-electron chi connectivity index (χ4n) is 3.57. The van der Waals surface area contributed by atoms with E-state index in [1.807, 2.05) is 10.8 Å². The van der Waals surface area contributed by atoms with Crippen molar-refractivity contribution in [1.82, 2.24) is 29.4 Å². The summed E-state index contributed by atoms with van der Waals surface area (Å²) in [5, 5.41) is 7.98. The van der Waals surface area contributed by atoms with Gasteiger partial charge in [-0.3, -0.25) is 4.79 Å². The van der Waals surface area contributed by atoms with E-state index in [1.54, 1.807) is 22.1 Å². The van der Waals surface area contributed by atoms with E-state index in [0.717, 1.165) is 25.0 Å². The second kappa shape index (κ2) is 7.25. The second-order valence-electron chi connectivity index (χ2n) is 6.92. The molecule has 0 aliphatic carbocycles. The van der Waals surface area contributed by atoms with Gasteiger partial charge in [0.15, 0.2) is 0 Å². The number of halogens is 3. The number of hydrogen-bond donors (Lipinski definition) is 0. The maximum absolute atomic E-state index is 12.9. The number of hydrogen-bond acceptors (Lipinski definition) is 4. The second-order valence-corrected chi connectivity index (χ2v) is 6.92. The summed E-state index contributed by atoms with van der Waals surface area (Å²) in [6.07, 6.45) is 2.71. The summed E-state index contributed by atoms with van der Waals surface area (Å²) in [6, 6.07) is 3.35. The van der Waals surface area contributed by atoms with Crippen molar-refractivity contribution in [2.24, 2.45) is 0 Å². The van der Waals surface area contributed by atoms with Crippen molar-refractivity contribution in [1.29, 1.82) is 0 Å². The molecule has 0 bridgehead atoms. The highest BCUT2D eigenvalue weighted by Crippen LogP contribution is 2.32. The molecule has 1 atom stereocenters. The Morgan fingerprint density at radius 2 is 2.14 bits per heavy atom. The smallest absolute Gasteiger partial charge is 0.340 e. The van der Waals surface area contributed by atoms with Crippen LogP contribution in [-0.2, 0) is 17.5 Å². The standard InChI is InChI=1S/C18H19F3N6O/c19-18(20,21)13-3-4-16-15(10-13)23-24-27(16)14-2-1-7-26(11-14)17(28)5-8-25-9-6-22-12-25/h3-4,6,9-10,12,14H,1-2,5,7-8,11H2/t14-/m1/s1. The lowest BCUT2D eigenvalue weighted by Gasteiger charge is -2.33. The average molecular weight is 392 g/mol. The number of aryl methyl sites for hydroxylation is 1. The Labute approximate surface area is 158 Å². The zero-order chi connectivity index (χ0) is 19.7. The van der Waals surface area contributed by atoms with Crippen LogP contribution in [0.25, 0.3) is 11.0 Å². The van der Waals surface area contributed by atoms with E-state index in [0.29, 0.717) is 31.6 Å². The first-order chi connectivity index (χ1) is 13.4. The van der Waals surface area contributed by atoms with Crippen molar-refractivity contribution in [2.75, 3.05) is 13.1 Å². The third-order valence-electron chi connectivity index (χ3n) is 5.04. The molecule has 4 rings (SSSR count). The molecule has 1 aromatic carbocycles. The molecule has 0 radical (unpaired) electrons. The molecule has 0 saturated carbocycles. The molecular formula is C18H19F3N6O. The van der Waals surface area contributed by atoms with Crippen molar-refractivity contribution in [3.8, 4) is 0 Å². The summed E-state index contributed by atoms with van der Waals surface area (Å²) in [5.41, 5.74) is 0.0103. The number of piperidine rings is 1. The fraction of sp³-hybridized carbons (Fsp3) is 0.444. The molecule has 3 aromatic rings. The Morgan fingerprint density at radius 3 is 2.89 bits per heavy atom. The van der Waals surface area contributed by atoms with Gasteiger partial charge in [-0.05, 0) is 31.0 Å². The van der Waals surface area contributed by atoms with Crippen LogP contribution in [0.15, 0.2) is 36.9 Å². The van der Waals surface area contributed by atoms with Crippen molar-refractivity contribution in [2.45, 2.75) is 38.0 Å². The van der Waals surface area contributed by atoms with Crippen molar-refractivity contribution in [3.63, 3.8) is 0 Å². The minimum absolute atomic E-state index is 0.0437. The van der Waals surface area contributed by atoms with Crippen LogP contribution in [0.1, 0.15) is 30.9 Å². The highest BCUT2D eigenvalue weighted by Gasteiger charge is 2.32. The van der Waals surface area contributed by atoms with Crippen molar-refractivity contribution >= 4 is 16.9 Å². The van der Waals surface area contributed by atoms with Gasteiger partial charge in [-0.2, -0.15) is 13.2 Å². The van der Waals surface area contributed by atoms with Crippen LogP contribution in [0.3, 0.4) is 0 Å². The van der Waals surface area contributed by atoms with Gasteiger partial charge in [-0.25, -0.2) is 9.67 Å². The SMILES string of the molecule is O=C(CCn1ccnc1)N1CCC[C@@H](n2nnc3cc(C(F)(F)F)ccc32)C1. The minimum atomic E-state index is -4.42. The molecule has 1 amide bonds. The fourth-order valence-corrected chi connectivity index (χ4v) is 3.57. The maximum Gasteiger partial charge on any atom is 0.416 e. The lowest BCUT2D eigenvalue weighted by atomic mass is 10.0. The number of aromatic nitrogens is 5. The van der Waals surface area contributed by atoms with Gasteiger partial charge in [0.2, 0.25) is 5.91 Å². The highest BCUT2D eigenvalue weighted by atomic mass is 19.4. The first-order valence-corrected chi connectivity index (χ1v) is 9.07. The quantitative estimate of drug-likeness (QED) is 0.685. The Hall–Kier alpha value is -2.91. The van der Waals surface area contributed by atoms with Crippen molar-refractivity contribution in [3.05, 3.63) is 42.5 Å². The van der Waals surface area contributed by atoms with Crippen LogP contribution in [0, 0.1) is 0 Å². The number of rotatable bonds is 4. The summed E-state index contributed by atoms with van der Waals surface area (Å²) in [4.78, 5) is 18.3. The third-order valence-corrected chi connectivity index (χ3v) is 5.04. The van der Waals surface area contributed by atoms with Crippen molar-refractivity contribution < 1.29 is 18.0 Å². The van der Waals surface area contributed by atoms with Gasteiger partial charge in [0.25, 0.3) is 0 Å². The van der Waals surface area contributed by atoms with E-state index >= 15 is 0 Å². The molecule has 148 valence electrons. The van der Waals surface area contributed by atoms with E-state index in [9.17, 15) is 18.0 Å². The monoisotopic (exact) mass is 392 g/mol. The van der Waals surface area contributed by atoms with Gasteiger partial charge in [0, 0.05) is 38.4 Å². The minimum Gasteiger partial charge on any atom is -0.340 e. The average Bonchev–Trinajstić information content (AvgIpc) is 3.34. The Morgan fingerprint density at radius 1 is 1.29 bits per heavy atom. The molecule has 1 saturated heterocycles. The van der Waals surface area contributed by atoms with Gasteiger partial charge in [0.1, 0.15) is 5.52 Å². The van der Waals surface area contributed by atoms with Gasteiger partial charge in [-0.15, -0.1) is 5.10 Å². The number of carbonyl (C=O) groups excluding carboxylic acids is 1. The van der Waals surface area contributed by atoms with E-state index in [2.05, 4.69) is 15.3 Å². The Bertz CT molecular complexity index is 966. The van der Waals surface area contributed by atoms with Gasteiger partial charge in [-0.1, -0.05) is 5.21 Å². The lowest BCUT2D eigenvalue weighted by molar-refractivity contribution is -0.137. The number of carbonyl (C=O) groups is 1. The zero-order valence-corrected chi connectivity index (χ0v) is 15.0. The normalized spacial score (nSPS) is 18.0. The zero-order valence-electron chi connectivity index (χ0n) is 15.0. The molecule has 28 heavy (non-hydrogen) atoms. The maximum atomic E-state index is 12.9. The van der Waals surface area contributed by atoms with Gasteiger partial charge >= 0.3 is 6.18 Å². The number of nitrogens with zero attached hydrogens (tertiary/aromatic N) is 6. The molecule has 10 heteroatoms. The third kappa shape index (κ3) is 3.71. The Kier molecular flexibility index (Phi) is 4.78. The summed E-state index contributed by atoms with van der Waals surface area (Å²) in [7, 11) is 0. The Balaban J connectivity index is 1.47. The van der Waals surface area contributed by atoms with Crippen LogP contribution in [0.5, 0.6) is 0 Å². The number of amides is 1. The summed E-state index contributed by atoms with van der Waals surface area (Å²) in [6.45, 7) is 1.71. The first kappa shape index (κ1) is 18.5. The number of benzene rings is 1. The van der Waals surface area contributed by atoms with Crippen LogP contribution in [0.4, 0.5) is 13.2 Å². The number of likely N-dealkylation sites (tertiary alicyclic amines) is 1. The predicted octanol–water partition coefficient (Wildman–Crippen LogP) is 2.90. The molecule has 1 aliphatic heterocycles. The topological polar surface area (TPSA) is 68.8 Å². The van der Waals surface area contributed by atoms with E-state index in [1.165, 1.54) is 6.07 Å². The molecule has 3 heterocycles. The molecule has 2 aromatic heterocycles. The van der Waals surface area contributed by atoms with Crippen LogP contribution in [0.2, 0.25) is 0 Å². The van der Waals surface area contributed by atoms with Crippen LogP contribution >= 0.6 is 0 Å². The molecule has 0 N–H and O–H groups in total. The molecule has 1 aliphatic rings. The van der Waals surface area contributed by atoms with Crippen LogP contribution < -0.4 is 0 Å². The van der Waals surface area contributed by atoms with Crippen LogP contribution in [-0.4, -0.2) is 48.4 Å². The largest absolute Gasteiger partial charge is 0.416 e. The number of imidazole rings is 1. The summed E-state index contributed by atoms with van der Waals surface area (Å²) < 4.78 is 42.2.